The normalized spacial score (nSPS) is 19.9. The van der Waals surface area contributed by atoms with E-state index in [-0.39, 0.29) is 0 Å². The zero-order valence-corrected chi connectivity index (χ0v) is 13.0. The molecule has 1 heterocycles. The summed E-state index contributed by atoms with van der Waals surface area (Å²) in [4.78, 5) is 2.41. The number of benzene rings is 1. The third-order valence-electron chi connectivity index (χ3n) is 3.76. The highest BCUT2D eigenvalue weighted by molar-refractivity contribution is 6.42. The Kier molecular flexibility index (Phi) is 4.78. The van der Waals surface area contributed by atoms with Gasteiger partial charge in [0.05, 0.1) is 15.6 Å². The number of likely N-dealkylation sites (tertiary alicyclic amines) is 1. The van der Waals surface area contributed by atoms with E-state index in [0.717, 1.165) is 38.0 Å². The molecule has 2 rings (SSSR count). The van der Waals surface area contributed by atoms with E-state index in [1.165, 1.54) is 0 Å². The molecule has 0 bridgehead atoms. The molecule has 0 atom stereocenters. The van der Waals surface area contributed by atoms with Gasteiger partial charge in [0.1, 0.15) is 0 Å². The molecule has 1 aliphatic rings. The Morgan fingerprint density at radius 1 is 1.21 bits per heavy atom. The van der Waals surface area contributed by atoms with Gasteiger partial charge in [-0.1, -0.05) is 43.1 Å². The Morgan fingerprint density at radius 2 is 1.84 bits per heavy atom. The first kappa shape index (κ1) is 15.1. The van der Waals surface area contributed by atoms with Crippen molar-refractivity contribution in [1.29, 1.82) is 0 Å². The number of rotatable bonds is 3. The first-order valence-corrected chi connectivity index (χ1v) is 7.56. The zero-order valence-electron chi connectivity index (χ0n) is 11.5. The summed E-state index contributed by atoms with van der Waals surface area (Å²) in [5.74, 6) is 0.663. The Morgan fingerprint density at radius 3 is 2.37 bits per heavy atom. The number of nitrogens with zero attached hydrogens (tertiary/aromatic N) is 1. The van der Waals surface area contributed by atoms with E-state index in [1.54, 1.807) is 12.1 Å². The lowest BCUT2D eigenvalue weighted by atomic mass is 9.84. The van der Waals surface area contributed by atoms with E-state index in [0.29, 0.717) is 16.0 Å². The monoisotopic (exact) mass is 301 g/mol. The van der Waals surface area contributed by atoms with E-state index in [2.05, 4.69) is 18.7 Å². The SMILES string of the molecule is CC(C)CN1CCC(O)(c2ccc(Cl)c(Cl)c2)CC1. The second-order valence-corrected chi connectivity index (χ2v) is 6.67. The first-order chi connectivity index (χ1) is 8.90. The minimum absolute atomic E-state index is 0.511. The molecule has 0 unspecified atom stereocenters. The van der Waals surface area contributed by atoms with Crippen molar-refractivity contribution in [2.24, 2.45) is 5.92 Å². The lowest BCUT2D eigenvalue weighted by Gasteiger charge is -2.39. The Labute approximate surface area is 125 Å². The van der Waals surface area contributed by atoms with Crippen molar-refractivity contribution in [1.82, 2.24) is 4.90 Å². The van der Waals surface area contributed by atoms with Crippen LogP contribution in [0.4, 0.5) is 0 Å². The average molecular weight is 302 g/mol. The van der Waals surface area contributed by atoms with Crippen LogP contribution in [0.2, 0.25) is 10.0 Å². The molecule has 0 aromatic heterocycles. The zero-order chi connectivity index (χ0) is 14.0. The van der Waals surface area contributed by atoms with Crippen molar-refractivity contribution >= 4 is 23.2 Å². The molecule has 1 saturated heterocycles. The summed E-state index contributed by atoms with van der Waals surface area (Å²) in [5, 5.41) is 11.8. The van der Waals surface area contributed by atoms with Crippen LogP contribution in [0.15, 0.2) is 18.2 Å². The maximum absolute atomic E-state index is 10.8. The third-order valence-corrected chi connectivity index (χ3v) is 4.50. The molecule has 0 aliphatic carbocycles. The molecule has 1 aromatic carbocycles. The van der Waals surface area contributed by atoms with Gasteiger partial charge < -0.3 is 10.0 Å². The summed E-state index contributed by atoms with van der Waals surface area (Å²) in [6.07, 6.45) is 1.50. The average Bonchev–Trinajstić information content (AvgIpc) is 2.35. The molecule has 19 heavy (non-hydrogen) atoms. The van der Waals surface area contributed by atoms with Crippen molar-refractivity contribution in [2.45, 2.75) is 32.3 Å². The summed E-state index contributed by atoms with van der Waals surface area (Å²) in [6, 6.07) is 5.44. The number of hydrogen-bond donors (Lipinski definition) is 1. The molecule has 2 nitrogen and oxygen atoms in total. The van der Waals surface area contributed by atoms with Gasteiger partial charge in [-0.05, 0) is 36.5 Å². The number of aliphatic hydroxyl groups is 1. The van der Waals surface area contributed by atoms with Crippen LogP contribution in [0, 0.1) is 5.92 Å². The van der Waals surface area contributed by atoms with Gasteiger partial charge in [-0.2, -0.15) is 0 Å². The molecule has 1 fully saturated rings. The second-order valence-electron chi connectivity index (χ2n) is 5.85. The van der Waals surface area contributed by atoms with Crippen molar-refractivity contribution in [2.75, 3.05) is 19.6 Å². The minimum atomic E-state index is -0.762. The Hall–Kier alpha value is -0.280. The largest absolute Gasteiger partial charge is 0.385 e. The molecule has 0 radical (unpaired) electrons. The van der Waals surface area contributed by atoms with Crippen LogP contribution in [-0.4, -0.2) is 29.6 Å². The predicted molar refractivity (Wildman–Crippen MR) is 80.9 cm³/mol. The fraction of sp³-hybridized carbons (Fsp3) is 0.600. The summed E-state index contributed by atoms with van der Waals surface area (Å²) in [7, 11) is 0. The van der Waals surface area contributed by atoms with Gasteiger partial charge in [0.15, 0.2) is 0 Å². The molecule has 0 saturated carbocycles. The van der Waals surface area contributed by atoms with Crippen molar-refractivity contribution in [3.05, 3.63) is 33.8 Å². The number of hydrogen-bond acceptors (Lipinski definition) is 2. The standard InChI is InChI=1S/C15H21Cl2NO/c1-11(2)10-18-7-5-15(19,6-8-18)12-3-4-13(16)14(17)9-12/h3-4,9,11,19H,5-8,10H2,1-2H3. The summed E-state index contributed by atoms with van der Waals surface area (Å²) < 4.78 is 0. The van der Waals surface area contributed by atoms with Gasteiger partial charge >= 0.3 is 0 Å². The van der Waals surface area contributed by atoms with E-state index in [1.807, 2.05) is 6.07 Å². The van der Waals surface area contributed by atoms with Crippen LogP contribution in [0.5, 0.6) is 0 Å². The quantitative estimate of drug-likeness (QED) is 0.914. The molecule has 1 aromatic rings. The van der Waals surface area contributed by atoms with Crippen molar-refractivity contribution in [3.8, 4) is 0 Å². The van der Waals surface area contributed by atoms with E-state index >= 15 is 0 Å². The van der Waals surface area contributed by atoms with E-state index in [9.17, 15) is 5.11 Å². The highest BCUT2D eigenvalue weighted by Gasteiger charge is 2.34. The summed E-state index contributed by atoms with van der Waals surface area (Å²) in [5.41, 5.74) is 0.118. The summed E-state index contributed by atoms with van der Waals surface area (Å²) in [6.45, 7) is 7.39. The van der Waals surface area contributed by atoms with Gasteiger partial charge in [0.25, 0.3) is 0 Å². The summed E-state index contributed by atoms with van der Waals surface area (Å²) >= 11 is 12.0. The topological polar surface area (TPSA) is 23.5 Å². The predicted octanol–water partition coefficient (Wildman–Crippen LogP) is 3.93. The molecule has 0 spiro atoms. The minimum Gasteiger partial charge on any atom is -0.385 e. The fourth-order valence-electron chi connectivity index (χ4n) is 2.70. The van der Waals surface area contributed by atoms with E-state index < -0.39 is 5.60 Å². The maximum Gasteiger partial charge on any atom is 0.0921 e. The smallest absolute Gasteiger partial charge is 0.0921 e. The Bertz CT molecular complexity index is 440. The number of halogens is 2. The van der Waals surface area contributed by atoms with Crippen molar-refractivity contribution < 1.29 is 5.11 Å². The van der Waals surface area contributed by atoms with Gasteiger partial charge in [0, 0.05) is 19.6 Å². The highest BCUT2D eigenvalue weighted by Crippen LogP contribution is 2.35. The lowest BCUT2D eigenvalue weighted by molar-refractivity contribution is -0.0279. The maximum atomic E-state index is 10.8. The molecule has 106 valence electrons. The van der Waals surface area contributed by atoms with Crippen LogP contribution in [0.1, 0.15) is 32.3 Å². The van der Waals surface area contributed by atoms with Gasteiger partial charge in [0.2, 0.25) is 0 Å². The van der Waals surface area contributed by atoms with Crippen LogP contribution in [-0.2, 0) is 5.60 Å². The van der Waals surface area contributed by atoms with E-state index in [4.69, 9.17) is 23.2 Å². The third kappa shape index (κ3) is 3.63. The van der Waals surface area contributed by atoms with Crippen LogP contribution >= 0.6 is 23.2 Å². The lowest BCUT2D eigenvalue weighted by Crippen LogP contribution is -2.43. The number of piperidine rings is 1. The van der Waals surface area contributed by atoms with Gasteiger partial charge in [-0.15, -0.1) is 0 Å². The molecule has 1 aliphatic heterocycles. The molecule has 4 heteroatoms. The highest BCUT2D eigenvalue weighted by atomic mass is 35.5. The molecular weight excluding hydrogens is 281 g/mol. The second kappa shape index (κ2) is 6.01. The first-order valence-electron chi connectivity index (χ1n) is 6.81. The van der Waals surface area contributed by atoms with Crippen LogP contribution in [0.3, 0.4) is 0 Å². The van der Waals surface area contributed by atoms with Gasteiger partial charge in [-0.25, -0.2) is 0 Å². The molecule has 0 amide bonds. The van der Waals surface area contributed by atoms with Crippen LogP contribution in [0.25, 0.3) is 0 Å². The molecule has 1 N–H and O–H groups in total. The molecular formula is C15H21Cl2NO. The fourth-order valence-corrected chi connectivity index (χ4v) is 2.99. The Balaban J connectivity index is 2.06. The van der Waals surface area contributed by atoms with Gasteiger partial charge in [-0.3, -0.25) is 0 Å². The van der Waals surface area contributed by atoms with Crippen molar-refractivity contribution in [3.63, 3.8) is 0 Å². The van der Waals surface area contributed by atoms with Crippen LogP contribution < -0.4 is 0 Å².